The molecule has 2 N–H and O–H groups in total. The summed E-state index contributed by atoms with van der Waals surface area (Å²) in [5.41, 5.74) is 0. The predicted octanol–water partition coefficient (Wildman–Crippen LogP) is 2.24. The lowest BCUT2D eigenvalue weighted by Gasteiger charge is -2.21. The van der Waals surface area contributed by atoms with Crippen molar-refractivity contribution >= 4 is 17.5 Å². The smallest absolute Gasteiger partial charge is 0.258 e. The lowest BCUT2D eigenvalue weighted by Crippen LogP contribution is -2.41. The Kier molecular flexibility index (Phi) is 6.67. The van der Waals surface area contributed by atoms with Crippen molar-refractivity contribution in [2.75, 3.05) is 13.2 Å². The number of amides is 1. The van der Waals surface area contributed by atoms with Gasteiger partial charge in [0.05, 0.1) is 5.02 Å². The van der Waals surface area contributed by atoms with Crippen molar-refractivity contribution in [2.24, 2.45) is 5.92 Å². The van der Waals surface area contributed by atoms with Crippen LogP contribution in [0.1, 0.15) is 20.3 Å². The quantitative estimate of drug-likeness (QED) is 0.808. The first kappa shape index (κ1) is 15.8. The third-order valence-corrected chi connectivity index (χ3v) is 3.10. The van der Waals surface area contributed by atoms with Gasteiger partial charge in [0, 0.05) is 12.6 Å². The van der Waals surface area contributed by atoms with Gasteiger partial charge in [-0.2, -0.15) is 0 Å². The standard InChI is InChI=1S/C14H20ClNO3/c1-10(2)12(7-8-17)16-14(18)9-19-13-6-4-3-5-11(13)15/h3-6,10,12,17H,7-9H2,1-2H3,(H,16,18). The lowest BCUT2D eigenvalue weighted by molar-refractivity contribution is -0.124. The van der Waals surface area contributed by atoms with Crippen molar-refractivity contribution in [2.45, 2.75) is 26.3 Å². The minimum absolute atomic E-state index is 0.0488. The fourth-order valence-corrected chi connectivity index (χ4v) is 1.86. The Bertz CT molecular complexity index is 409. The monoisotopic (exact) mass is 285 g/mol. The van der Waals surface area contributed by atoms with Gasteiger partial charge in [0.1, 0.15) is 5.75 Å². The second kappa shape index (κ2) is 8.02. The molecule has 0 aliphatic carbocycles. The van der Waals surface area contributed by atoms with Crippen molar-refractivity contribution in [3.63, 3.8) is 0 Å². The number of rotatable bonds is 7. The molecule has 0 spiro atoms. The summed E-state index contributed by atoms with van der Waals surface area (Å²) in [6.07, 6.45) is 0.537. The van der Waals surface area contributed by atoms with Crippen LogP contribution in [0, 0.1) is 5.92 Å². The highest BCUT2D eigenvalue weighted by molar-refractivity contribution is 6.32. The van der Waals surface area contributed by atoms with Gasteiger partial charge in [-0.15, -0.1) is 0 Å². The number of benzene rings is 1. The number of para-hydroxylation sites is 1. The molecule has 0 heterocycles. The van der Waals surface area contributed by atoms with Crippen molar-refractivity contribution in [1.29, 1.82) is 0 Å². The van der Waals surface area contributed by atoms with E-state index in [1.807, 2.05) is 13.8 Å². The maximum Gasteiger partial charge on any atom is 0.258 e. The first-order chi connectivity index (χ1) is 9.04. The molecular weight excluding hydrogens is 266 g/mol. The minimum atomic E-state index is -0.216. The van der Waals surface area contributed by atoms with E-state index >= 15 is 0 Å². The largest absolute Gasteiger partial charge is 0.482 e. The molecule has 0 saturated carbocycles. The second-order valence-corrected chi connectivity index (χ2v) is 5.06. The summed E-state index contributed by atoms with van der Waals surface area (Å²) in [5.74, 6) is 0.533. The van der Waals surface area contributed by atoms with Crippen LogP contribution in [0.15, 0.2) is 24.3 Å². The number of nitrogens with one attached hydrogen (secondary N) is 1. The number of carbonyl (C=O) groups excluding carboxylic acids is 1. The molecule has 1 rings (SSSR count). The van der Waals surface area contributed by atoms with E-state index in [0.29, 0.717) is 17.2 Å². The summed E-state index contributed by atoms with van der Waals surface area (Å²) in [4.78, 5) is 11.8. The molecule has 0 aliphatic rings. The molecule has 106 valence electrons. The van der Waals surface area contributed by atoms with Gasteiger partial charge in [0.15, 0.2) is 6.61 Å². The van der Waals surface area contributed by atoms with E-state index in [2.05, 4.69) is 5.32 Å². The fraction of sp³-hybridized carbons (Fsp3) is 0.500. The van der Waals surface area contributed by atoms with Crippen molar-refractivity contribution in [1.82, 2.24) is 5.32 Å². The number of carbonyl (C=O) groups is 1. The third-order valence-electron chi connectivity index (χ3n) is 2.79. The number of halogens is 1. The predicted molar refractivity (Wildman–Crippen MR) is 75.4 cm³/mol. The Morgan fingerprint density at radius 1 is 1.42 bits per heavy atom. The zero-order valence-corrected chi connectivity index (χ0v) is 12.0. The van der Waals surface area contributed by atoms with Crippen molar-refractivity contribution in [3.05, 3.63) is 29.3 Å². The Hall–Kier alpha value is -1.26. The average Bonchev–Trinajstić information content (AvgIpc) is 2.37. The van der Waals surface area contributed by atoms with E-state index in [9.17, 15) is 4.79 Å². The van der Waals surface area contributed by atoms with Crippen LogP contribution in [-0.2, 0) is 4.79 Å². The van der Waals surface area contributed by atoms with E-state index in [1.165, 1.54) is 0 Å². The van der Waals surface area contributed by atoms with E-state index in [-0.39, 0.29) is 31.1 Å². The highest BCUT2D eigenvalue weighted by Gasteiger charge is 2.16. The zero-order valence-electron chi connectivity index (χ0n) is 11.2. The molecule has 1 aromatic rings. The van der Waals surface area contributed by atoms with Gasteiger partial charge in [-0.3, -0.25) is 4.79 Å². The number of ether oxygens (including phenoxy) is 1. The van der Waals surface area contributed by atoms with Crippen molar-refractivity contribution in [3.8, 4) is 5.75 Å². The minimum Gasteiger partial charge on any atom is -0.482 e. The van der Waals surface area contributed by atoms with Gasteiger partial charge in [0.2, 0.25) is 0 Å². The summed E-state index contributed by atoms with van der Waals surface area (Å²) in [7, 11) is 0. The molecule has 1 aromatic carbocycles. The molecule has 1 amide bonds. The summed E-state index contributed by atoms with van der Waals surface area (Å²) in [5, 5.41) is 12.3. The number of hydrogen-bond donors (Lipinski definition) is 2. The molecule has 19 heavy (non-hydrogen) atoms. The SMILES string of the molecule is CC(C)C(CCO)NC(=O)COc1ccccc1Cl. The number of hydrogen-bond acceptors (Lipinski definition) is 3. The van der Waals surface area contributed by atoms with Gasteiger partial charge in [0.25, 0.3) is 5.91 Å². The van der Waals surface area contributed by atoms with Gasteiger partial charge >= 0.3 is 0 Å². The highest BCUT2D eigenvalue weighted by atomic mass is 35.5. The summed E-state index contributed by atoms with van der Waals surface area (Å²) < 4.78 is 5.35. The highest BCUT2D eigenvalue weighted by Crippen LogP contribution is 2.22. The maximum absolute atomic E-state index is 11.8. The fourth-order valence-electron chi connectivity index (χ4n) is 1.66. The van der Waals surface area contributed by atoms with Gasteiger partial charge in [-0.1, -0.05) is 37.6 Å². The second-order valence-electron chi connectivity index (χ2n) is 4.65. The molecule has 0 radical (unpaired) electrons. The molecule has 4 nitrogen and oxygen atoms in total. The molecule has 0 aromatic heterocycles. The van der Waals surface area contributed by atoms with Gasteiger partial charge < -0.3 is 15.2 Å². The van der Waals surface area contributed by atoms with Crippen LogP contribution in [0.3, 0.4) is 0 Å². The topological polar surface area (TPSA) is 58.6 Å². The van der Waals surface area contributed by atoms with Crippen LogP contribution in [0.25, 0.3) is 0 Å². The lowest BCUT2D eigenvalue weighted by atomic mass is 10.0. The normalized spacial score (nSPS) is 12.3. The summed E-state index contributed by atoms with van der Waals surface area (Å²) in [6, 6.07) is 6.96. The van der Waals surface area contributed by atoms with Crippen LogP contribution in [0.2, 0.25) is 5.02 Å². The maximum atomic E-state index is 11.8. The van der Waals surface area contributed by atoms with E-state index in [4.69, 9.17) is 21.4 Å². The summed E-state index contributed by atoms with van der Waals surface area (Å²) >= 11 is 5.92. The van der Waals surface area contributed by atoms with Crippen LogP contribution < -0.4 is 10.1 Å². The van der Waals surface area contributed by atoms with E-state index < -0.39 is 0 Å². The molecule has 1 unspecified atom stereocenters. The van der Waals surface area contributed by atoms with Crippen molar-refractivity contribution < 1.29 is 14.6 Å². The third kappa shape index (κ3) is 5.49. The molecule has 1 atom stereocenters. The van der Waals surface area contributed by atoms with Crippen LogP contribution in [-0.4, -0.2) is 30.3 Å². The molecule has 5 heteroatoms. The average molecular weight is 286 g/mol. The Morgan fingerprint density at radius 2 is 2.11 bits per heavy atom. The molecular formula is C14H20ClNO3. The number of aliphatic hydroxyl groups excluding tert-OH is 1. The Balaban J connectivity index is 2.45. The molecule has 0 fully saturated rings. The molecule has 0 aliphatic heterocycles. The Labute approximate surface area is 118 Å². The van der Waals surface area contributed by atoms with Gasteiger partial charge in [-0.05, 0) is 24.5 Å². The van der Waals surface area contributed by atoms with Crippen LogP contribution in [0.4, 0.5) is 0 Å². The van der Waals surface area contributed by atoms with E-state index in [1.54, 1.807) is 24.3 Å². The van der Waals surface area contributed by atoms with Crippen LogP contribution in [0.5, 0.6) is 5.75 Å². The van der Waals surface area contributed by atoms with Gasteiger partial charge in [-0.25, -0.2) is 0 Å². The van der Waals surface area contributed by atoms with Crippen LogP contribution >= 0.6 is 11.6 Å². The van der Waals surface area contributed by atoms with E-state index in [0.717, 1.165) is 0 Å². The molecule has 0 saturated heterocycles. The Morgan fingerprint density at radius 3 is 2.68 bits per heavy atom. The first-order valence-corrected chi connectivity index (χ1v) is 6.70. The summed E-state index contributed by atoms with van der Waals surface area (Å²) in [6.45, 7) is 3.96. The molecule has 0 bridgehead atoms. The number of aliphatic hydroxyl groups is 1. The first-order valence-electron chi connectivity index (χ1n) is 6.32. The zero-order chi connectivity index (χ0) is 14.3.